The molecule has 4 atom stereocenters. The standard InChI is InChI=1S/C32H40N6O2.C27H32N6/c1-23-20-37(29-13-10-26(19-33)30-28(29)7-6-14-34-30)21-24(2)38(23)22-25-8-11-27(12-9-25)35-15-17-36(18-16-35)31(39)40-32(3,4)5;1-20-17-32(26-10-7-23(16-28)27-25(26)4-3-11-30-27)18-21(2)33(20)19-22-5-8-24(9-6-22)31-14-12-29-13-15-31/h6-14,23-24H,15-18,20-22H2,1-5H3;3-11,20-21,29H,12-15,17-19H2,1-2H3/t23-,24+;20-,21+. The summed E-state index contributed by atoms with van der Waals surface area (Å²) >= 11 is 0. The van der Waals surface area contributed by atoms with Crippen molar-refractivity contribution >= 4 is 50.6 Å². The van der Waals surface area contributed by atoms with E-state index in [9.17, 15) is 15.3 Å². The lowest BCUT2D eigenvalue weighted by atomic mass is 10.0. The van der Waals surface area contributed by atoms with Crippen molar-refractivity contribution in [3.8, 4) is 12.1 Å². The lowest BCUT2D eigenvalue weighted by molar-refractivity contribution is 0.0240. The van der Waals surface area contributed by atoms with Crippen LogP contribution in [0.15, 0.2) is 109 Å². The Kier molecular flexibility index (Phi) is 15.7. The van der Waals surface area contributed by atoms with E-state index in [4.69, 9.17) is 4.74 Å². The Labute approximate surface area is 432 Å². The molecule has 10 rings (SSSR count). The number of piperazine rings is 4. The van der Waals surface area contributed by atoms with Gasteiger partial charge in [-0.2, -0.15) is 10.5 Å². The van der Waals surface area contributed by atoms with Gasteiger partial charge in [0.15, 0.2) is 0 Å². The molecule has 0 aliphatic carbocycles. The summed E-state index contributed by atoms with van der Waals surface area (Å²) in [5, 5.41) is 24.5. The lowest BCUT2D eigenvalue weighted by Crippen LogP contribution is -2.56. The van der Waals surface area contributed by atoms with Crippen molar-refractivity contribution < 1.29 is 9.53 Å². The molecular formula is C59H72N12O2. The molecule has 0 unspecified atom stereocenters. The molecule has 1 amide bonds. The van der Waals surface area contributed by atoms with Crippen molar-refractivity contribution in [2.75, 3.05) is 98.1 Å². The van der Waals surface area contributed by atoms with Gasteiger partial charge in [-0.1, -0.05) is 24.3 Å². The van der Waals surface area contributed by atoms with Crippen LogP contribution in [0.3, 0.4) is 0 Å². The maximum atomic E-state index is 12.4. The third-order valence-electron chi connectivity index (χ3n) is 15.0. The number of rotatable bonds is 8. The number of pyridine rings is 2. The van der Waals surface area contributed by atoms with Crippen LogP contribution in [0, 0.1) is 22.7 Å². The van der Waals surface area contributed by atoms with Crippen LogP contribution in [0.5, 0.6) is 0 Å². The number of hydrogen-bond acceptors (Lipinski definition) is 13. The van der Waals surface area contributed by atoms with Crippen molar-refractivity contribution in [2.45, 2.75) is 91.3 Å². The Bertz CT molecular complexity index is 2910. The number of carbonyl (C=O) groups is 1. The Morgan fingerprint density at radius 3 is 1.38 bits per heavy atom. The molecule has 0 bridgehead atoms. The van der Waals surface area contributed by atoms with Crippen molar-refractivity contribution in [1.82, 2.24) is 30.0 Å². The van der Waals surface area contributed by atoms with Crippen LogP contribution in [0.25, 0.3) is 21.8 Å². The van der Waals surface area contributed by atoms with Gasteiger partial charge in [0.05, 0.1) is 22.2 Å². The van der Waals surface area contributed by atoms with Crippen LogP contribution in [0.4, 0.5) is 27.5 Å². The molecule has 4 aromatic carbocycles. The average Bonchev–Trinajstić information content (AvgIpc) is 3.40. The zero-order chi connectivity index (χ0) is 51.2. The third kappa shape index (κ3) is 11.8. The minimum Gasteiger partial charge on any atom is -0.444 e. The van der Waals surface area contributed by atoms with Gasteiger partial charge in [-0.15, -0.1) is 0 Å². The number of anilines is 4. The van der Waals surface area contributed by atoms with E-state index in [1.165, 1.54) is 28.2 Å². The van der Waals surface area contributed by atoms with Gasteiger partial charge in [0.1, 0.15) is 17.7 Å². The highest BCUT2D eigenvalue weighted by Crippen LogP contribution is 2.34. The van der Waals surface area contributed by atoms with Crippen molar-refractivity contribution in [3.05, 3.63) is 132 Å². The molecule has 0 spiro atoms. The largest absolute Gasteiger partial charge is 0.444 e. The first kappa shape index (κ1) is 51.0. The predicted octanol–water partition coefficient (Wildman–Crippen LogP) is 8.88. The number of amides is 1. The molecule has 380 valence electrons. The van der Waals surface area contributed by atoms with E-state index < -0.39 is 5.60 Å². The van der Waals surface area contributed by atoms with Crippen molar-refractivity contribution in [2.24, 2.45) is 0 Å². The molecule has 0 saturated carbocycles. The number of benzene rings is 4. The number of carbonyl (C=O) groups excluding carboxylic acids is 1. The van der Waals surface area contributed by atoms with E-state index in [1.807, 2.05) is 45.0 Å². The van der Waals surface area contributed by atoms with Gasteiger partial charge in [-0.05, 0) is 132 Å². The first-order valence-electron chi connectivity index (χ1n) is 26.2. The summed E-state index contributed by atoms with van der Waals surface area (Å²) in [7, 11) is 0. The monoisotopic (exact) mass is 981 g/mol. The fourth-order valence-corrected chi connectivity index (χ4v) is 11.2. The van der Waals surface area contributed by atoms with Crippen LogP contribution >= 0.6 is 0 Å². The van der Waals surface area contributed by atoms with Gasteiger partial charge < -0.3 is 34.6 Å². The summed E-state index contributed by atoms with van der Waals surface area (Å²) in [6.45, 7) is 27.8. The molecule has 1 N–H and O–H groups in total. The summed E-state index contributed by atoms with van der Waals surface area (Å²) in [5.74, 6) is 0. The normalized spacial score (nSPS) is 21.1. The zero-order valence-electron chi connectivity index (χ0n) is 43.8. The number of nitrogens with zero attached hydrogens (tertiary/aromatic N) is 11. The molecule has 2 aromatic heterocycles. The first-order valence-corrected chi connectivity index (χ1v) is 26.2. The number of nitrogens with one attached hydrogen (secondary N) is 1. The van der Waals surface area contributed by atoms with Gasteiger partial charge in [0.2, 0.25) is 0 Å². The number of fused-ring (bicyclic) bond motifs is 2. The summed E-state index contributed by atoms with van der Waals surface area (Å²) in [6, 6.07) is 40.2. The molecule has 4 saturated heterocycles. The van der Waals surface area contributed by atoms with Gasteiger partial charge in [0, 0.05) is 162 Å². The molecule has 6 aromatic rings. The van der Waals surface area contributed by atoms with Gasteiger partial charge in [-0.25, -0.2) is 4.79 Å². The Balaban J connectivity index is 0.000000183. The number of aromatic nitrogens is 2. The van der Waals surface area contributed by atoms with E-state index in [1.54, 1.807) is 17.3 Å². The number of hydrogen-bond donors (Lipinski definition) is 1. The van der Waals surface area contributed by atoms with E-state index in [0.29, 0.717) is 48.4 Å². The van der Waals surface area contributed by atoms with Crippen molar-refractivity contribution in [3.63, 3.8) is 0 Å². The smallest absolute Gasteiger partial charge is 0.410 e. The molecule has 14 nitrogen and oxygen atoms in total. The molecule has 4 aliphatic rings. The van der Waals surface area contributed by atoms with Crippen LogP contribution < -0.4 is 24.9 Å². The van der Waals surface area contributed by atoms with Gasteiger partial charge in [0.25, 0.3) is 0 Å². The molecule has 73 heavy (non-hydrogen) atoms. The highest BCUT2D eigenvalue weighted by Gasteiger charge is 2.33. The van der Waals surface area contributed by atoms with E-state index in [2.05, 4.69) is 157 Å². The maximum Gasteiger partial charge on any atom is 0.410 e. The summed E-state index contributed by atoms with van der Waals surface area (Å²) < 4.78 is 5.53. The fraction of sp³-hybridized carbons (Fsp3) is 0.441. The summed E-state index contributed by atoms with van der Waals surface area (Å²) in [5.41, 5.74) is 9.87. The minimum atomic E-state index is -0.471. The van der Waals surface area contributed by atoms with E-state index in [-0.39, 0.29) is 6.09 Å². The van der Waals surface area contributed by atoms with Crippen LogP contribution in [-0.4, -0.2) is 139 Å². The fourth-order valence-electron chi connectivity index (χ4n) is 11.2. The second-order valence-electron chi connectivity index (χ2n) is 21.4. The van der Waals surface area contributed by atoms with Gasteiger partial charge in [-0.3, -0.25) is 19.8 Å². The summed E-state index contributed by atoms with van der Waals surface area (Å²) in [4.78, 5) is 38.1. The minimum absolute atomic E-state index is 0.227. The molecule has 4 aliphatic heterocycles. The predicted molar refractivity (Wildman–Crippen MR) is 294 cm³/mol. The van der Waals surface area contributed by atoms with Gasteiger partial charge >= 0.3 is 6.09 Å². The van der Waals surface area contributed by atoms with Crippen LogP contribution in [-0.2, 0) is 17.8 Å². The third-order valence-corrected chi connectivity index (χ3v) is 15.0. The lowest BCUT2D eigenvalue weighted by Gasteiger charge is -2.45. The summed E-state index contributed by atoms with van der Waals surface area (Å²) in [6.07, 6.45) is 3.30. The number of nitriles is 2. The quantitative estimate of drug-likeness (QED) is 0.156. The van der Waals surface area contributed by atoms with Crippen molar-refractivity contribution in [1.29, 1.82) is 10.5 Å². The highest BCUT2D eigenvalue weighted by atomic mass is 16.6. The average molecular weight is 981 g/mol. The van der Waals surface area contributed by atoms with Crippen LogP contribution in [0.1, 0.15) is 70.7 Å². The molecule has 14 heteroatoms. The molecular weight excluding hydrogens is 909 g/mol. The van der Waals surface area contributed by atoms with E-state index >= 15 is 0 Å². The number of ether oxygens (including phenoxy) is 1. The Morgan fingerprint density at radius 1 is 0.575 bits per heavy atom. The second-order valence-corrected chi connectivity index (χ2v) is 21.4. The Morgan fingerprint density at radius 2 is 0.986 bits per heavy atom. The maximum absolute atomic E-state index is 12.4. The topological polar surface area (TPSA) is 134 Å². The molecule has 0 radical (unpaired) electrons. The molecule has 6 heterocycles. The van der Waals surface area contributed by atoms with E-state index in [0.717, 1.165) is 106 Å². The Hall–Kier alpha value is -6.97. The SMILES string of the molecule is C[C@@H]1CN(c2ccc(C#N)c3ncccc23)C[C@H](C)N1Cc1ccc(N2CCN(C(=O)OC(C)(C)C)CC2)cc1.C[C@@H]1CN(c2ccc(C#N)c3ncccc23)C[C@H](C)N1Cc1ccc(N2CCNCC2)cc1. The molecule has 4 fully saturated rings. The zero-order valence-corrected chi connectivity index (χ0v) is 43.8. The first-order chi connectivity index (χ1) is 35.3. The van der Waals surface area contributed by atoms with Crippen LogP contribution in [0.2, 0.25) is 0 Å². The second kappa shape index (κ2) is 22.4. The highest BCUT2D eigenvalue weighted by molar-refractivity contribution is 5.96.